The summed E-state index contributed by atoms with van der Waals surface area (Å²) in [4.78, 5) is 16.1. The number of nitrogen functional groups attached to an aromatic ring is 1. The fourth-order valence-electron chi connectivity index (χ4n) is 1.33. The van der Waals surface area contributed by atoms with E-state index in [9.17, 15) is 13.6 Å². The fourth-order valence-corrected chi connectivity index (χ4v) is 1.33. The fraction of sp³-hybridized carbons (Fsp3) is 0.300. The zero-order valence-corrected chi connectivity index (χ0v) is 9.70. The third-order valence-electron chi connectivity index (χ3n) is 1.95. The molecule has 0 radical (unpaired) electrons. The van der Waals surface area contributed by atoms with Crippen molar-refractivity contribution in [2.75, 3.05) is 20.0 Å². The zero-order chi connectivity index (χ0) is 13.7. The minimum absolute atomic E-state index is 0.000185. The predicted molar refractivity (Wildman–Crippen MR) is 58.5 cm³/mol. The van der Waals surface area contributed by atoms with Gasteiger partial charge in [-0.1, -0.05) is 0 Å². The van der Waals surface area contributed by atoms with Crippen LogP contribution in [-0.4, -0.2) is 26.7 Å². The number of methoxy groups -OCH3 is 1. The summed E-state index contributed by atoms with van der Waals surface area (Å²) in [6.07, 6.45) is 0. The molecule has 100 valence electrons. The summed E-state index contributed by atoms with van der Waals surface area (Å²) < 4.78 is 33.6. The van der Waals surface area contributed by atoms with Gasteiger partial charge in [0.1, 0.15) is 17.1 Å². The van der Waals surface area contributed by atoms with E-state index in [4.69, 9.17) is 10.5 Å². The Morgan fingerprint density at radius 2 is 1.94 bits per heavy atom. The molecule has 0 aromatic heterocycles. The molecule has 1 aromatic rings. The molecule has 0 bridgehead atoms. The number of nitrogens with two attached hydrogens (primary N) is 1. The molecule has 0 unspecified atom stereocenters. The van der Waals surface area contributed by atoms with E-state index >= 15 is 0 Å². The molecule has 3 N–H and O–H groups in total. The van der Waals surface area contributed by atoms with Crippen molar-refractivity contribution in [2.45, 2.75) is 6.61 Å². The number of hydrogen-bond donors (Lipinski definition) is 2. The van der Waals surface area contributed by atoms with Gasteiger partial charge >= 0.3 is 6.61 Å². The Morgan fingerprint density at radius 3 is 2.44 bits per heavy atom. The topological polar surface area (TPSA) is 82.8 Å². The summed E-state index contributed by atoms with van der Waals surface area (Å²) in [5.41, 5.74) is 7.36. The van der Waals surface area contributed by atoms with Crippen LogP contribution in [0.25, 0.3) is 0 Å². The number of hydroxylamine groups is 1. The van der Waals surface area contributed by atoms with E-state index in [-0.39, 0.29) is 17.0 Å². The van der Waals surface area contributed by atoms with Crippen LogP contribution in [0.5, 0.6) is 11.5 Å². The van der Waals surface area contributed by atoms with Crippen molar-refractivity contribution < 1.29 is 27.9 Å². The second-order valence-electron chi connectivity index (χ2n) is 3.11. The van der Waals surface area contributed by atoms with Gasteiger partial charge in [0.05, 0.1) is 14.2 Å². The summed E-state index contributed by atoms with van der Waals surface area (Å²) >= 11 is 0. The van der Waals surface area contributed by atoms with Gasteiger partial charge in [0.15, 0.2) is 0 Å². The van der Waals surface area contributed by atoms with E-state index in [1.54, 1.807) is 0 Å². The Kier molecular flexibility index (Phi) is 4.67. The minimum Gasteiger partial charge on any atom is -0.496 e. The molecule has 0 saturated carbocycles. The van der Waals surface area contributed by atoms with E-state index in [0.29, 0.717) is 0 Å². The van der Waals surface area contributed by atoms with E-state index in [1.807, 2.05) is 5.48 Å². The van der Waals surface area contributed by atoms with Crippen LogP contribution in [0.1, 0.15) is 10.4 Å². The highest BCUT2D eigenvalue weighted by molar-refractivity contribution is 5.99. The summed E-state index contributed by atoms with van der Waals surface area (Å²) in [5, 5.41) is 0. The van der Waals surface area contributed by atoms with Crippen LogP contribution in [0.4, 0.5) is 14.5 Å². The Labute approximate surface area is 102 Å². The number of amides is 1. The van der Waals surface area contributed by atoms with Crippen LogP contribution in [0, 0.1) is 0 Å². The number of benzene rings is 1. The number of rotatable bonds is 5. The van der Waals surface area contributed by atoms with Gasteiger partial charge in [-0.05, 0) is 0 Å². The molecule has 0 saturated heterocycles. The quantitative estimate of drug-likeness (QED) is 0.614. The summed E-state index contributed by atoms with van der Waals surface area (Å²) in [5.74, 6) is -1.18. The smallest absolute Gasteiger partial charge is 0.387 e. The maximum Gasteiger partial charge on any atom is 0.387 e. The van der Waals surface area contributed by atoms with Gasteiger partial charge in [-0.2, -0.15) is 8.78 Å². The van der Waals surface area contributed by atoms with Crippen molar-refractivity contribution in [3.63, 3.8) is 0 Å². The van der Waals surface area contributed by atoms with Gasteiger partial charge in [-0.25, -0.2) is 5.48 Å². The molecule has 0 atom stereocenters. The first kappa shape index (κ1) is 14.0. The lowest BCUT2D eigenvalue weighted by atomic mass is 10.1. The molecule has 0 fully saturated rings. The average molecular weight is 262 g/mol. The highest BCUT2D eigenvalue weighted by Gasteiger charge is 2.22. The lowest BCUT2D eigenvalue weighted by molar-refractivity contribution is -0.0503. The molecule has 8 heteroatoms. The second-order valence-corrected chi connectivity index (χ2v) is 3.11. The van der Waals surface area contributed by atoms with Crippen molar-refractivity contribution in [3.05, 3.63) is 17.7 Å². The molecule has 0 aliphatic carbocycles. The second kappa shape index (κ2) is 6.01. The minimum atomic E-state index is -3.09. The standard InChI is InChI=1S/C10H12F2N2O4/c1-16-6-3-5(13)4-7(18-10(11)12)8(6)9(15)14-17-2/h3-4,10H,13H2,1-2H3,(H,14,15). The highest BCUT2D eigenvalue weighted by Crippen LogP contribution is 2.32. The maximum absolute atomic E-state index is 12.3. The van der Waals surface area contributed by atoms with Crippen molar-refractivity contribution in [3.8, 4) is 11.5 Å². The molecule has 0 aliphatic heterocycles. The van der Waals surface area contributed by atoms with Crippen molar-refractivity contribution in [2.24, 2.45) is 0 Å². The monoisotopic (exact) mass is 262 g/mol. The van der Waals surface area contributed by atoms with Gasteiger partial charge in [0, 0.05) is 17.8 Å². The van der Waals surface area contributed by atoms with Gasteiger partial charge in [-0.3, -0.25) is 9.63 Å². The molecule has 0 spiro atoms. The largest absolute Gasteiger partial charge is 0.496 e. The molecular weight excluding hydrogens is 250 g/mol. The predicted octanol–water partition coefficient (Wildman–Crippen LogP) is 1.17. The first-order valence-electron chi connectivity index (χ1n) is 4.75. The van der Waals surface area contributed by atoms with E-state index in [0.717, 1.165) is 6.07 Å². The Balaban J connectivity index is 3.27. The van der Waals surface area contributed by atoms with E-state index < -0.39 is 18.3 Å². The van der Waals surface area contributed by atoms with Crippen LogP contribution in [0.3, 0.4) is 0 Å². The Morgan fingerprint density at radius 1 is 1.33 bits per heavy atom. The molecule has 18 heavy (non-hydrogen) atoms. The van der Waals surface area contributed by atoms with E-state index in [2.05, 4.69) is 9.57 Å². The number of ether oxygens (including phenoxy) is 2. The zero-order valence-electron chi connectivity index (χ0n) is 9.70. The molecule has 0 heterocycles. The summed E-state index contributed by atoms with van der Waals surface area (Å²) in [6, 6.07) is 2.40. The normalized spacial score (nSPS) is 10.3. The van der Waals surface area contributed by atoms with E-state index in [1.165, 1.54) is 20.3 Å². The Hall–Kier alpha value is -2.09. The lowest BCUT2D eigenvalue weighted by Crippen LogP contribution is -2.24. The average Bonchev–Trinajstić information content (AvgIpc) is 2.27. The third kappa shape index (κ3) is 3.20. The van der Waals surface area contributed by atoms with Gasteiger partial charge in [0.25, 0.3) is 5.91 Å². The molecule has 6 nitrogen and oxygen atoms in total. The number of hydrogen-bond acceptors (Lipinski definition) is 5. The molecule has 1 aromatic carbocycles. The molecular formula is C10H12F2N2O4. The van der Waals surface area contributed by atoms with Crippen LogP contribution in [0.2, 0.25) is 0 Å². The van der Waals surface area contributed by atoms with Crippen molar-refractivity contribution in [1.82, 2.24) is 5.48 Å². The van der Waals surface area contributed by atoms with Crippen LogP contribution in [-0.2, 0) is 4.84 Å². The van der Waals surface area contributed by atoms with Gasteiger partial charge in [0.2, 0.25) is 0 Å². The highest BCUT2D eigenvalue weighted by atomic mass is 19.3. The Bertz CT molecular complexity index is 440. The van der Waals surface area contributed by atoms with Gasteiger partial charge in [-0.15, -0.1) is 0 Å². The number of carbonyl (C=O) groups excluding carboxylic acids is 1. The van der Waals surface area contributed by atoms with Crippen LogP contribution in [0.15, 0.2) is 12.1 Å². The first-order chi connectivity index (χ1) is 8.49. The van der Waals surface area contributed by atoms with Crippen LogP contribution < -0.4 is 20.7 Å². The third-order valence-corrected chi connectivity index (χ3v) is 1.95. The number of carbonyl (C=O) groups is 1. The number of halogens is 2. The summed E-state index contributed by atoms with van der Waals surface area (Å²) in [6.45, 7) is -3.09. The molecule has 1 rings (SSSR count). The first-order valence-corrected chi connectivity index (χ1v) is 4.75. The number of nitrogens with one attached hydrogen (secondary N) is 1. The SMILES string of the molecule is CONC(=O)c1c(OC)cc(N)cc1OC(F)F. The van der Waals surface area contributed by atoms with Gasteiger partial charge < -0.3 is 15.2 Å². The number of alkyl halides is 2. The number of anilines is 1. The maximum atomic E-state index is 12.3. The van der Waals surface area contributed by atoms with Crippen LogP contribution >= 0.6 is 0 Å². The van der Waals surface area contributed by atoms with Crippen molar-refractivity contribution in [1.29, 1.82) is 0 Å². The molecule has 0 aliphatic rings. The van der Waals surface area contributed by atoms with Crippen molar-refractivity contribution >= 4 is 11.6 Å². The summed E-state index contributed by atoms with van der Waals surface area (Å²) in [7, 11) is 2.47. The molecule has 1 amide bonds. The lowest BCUT2D eigenvalue weighted by Gasteiger charge is -2.14.